The Morgan fingerprint density at radius 2 is 1.57 bits per heavy atom. The van der Waals surface area contributed by atoms with Gasteiger partial charge in [-0.2, -0.15) is 0 Å². The van der Waals surface area contributed by atoms with E-state index in [0.29, 0.717) is 0 Å². The van der Waals surface area contributed by atoms with E-state index in [1.807, 2.05) is 18.2 Å². The van der Waals surface area contributed by atoms with E-state index in [2.05, 4.69) is 72.5 Å². The van der Waals surface area contributed by atoms with Crippen LogP contribution in [0.15, 0.2) is 66.7 Å². The third kappa shape index (κ3) is 3.64. The topological polar surface area (TPSA) is 37.5 Å². The molecule has 0 spiro atoms. The Labute approximate surface area is 182 Å². The first-order valence-electron chi connectivity index (χ1n) is 9.78. The Balaban J connectivity index is 1.97. The molecule has 4 rings (SSSR count). The Morgan fingerprint density at radius 3 is 2.23 bits per heavy atom. The lowest BCUT2D eigenvalue weighted by atomic mass is 9.92. The number of H-pyrrole nitrogens is 1. The minimum Gasteiger partial charge on any atom is -0.493 e. The summed E-state index contributed by atoms with van der Waals surface area (Å²) in [6.07, 6.45) is 0. The average Bonchev–Trinajstić information content (AvgIpc) is 3.13. The van der Waals surface area contributed by atoms with Crippen LogP contribution >= 0.6 is 11.6 Å². The van der Waals surface area contributed by atoms with Crippen LogP contribution in [0, 0.1) is 0 Å². The Bertz CT molecular complexity index is 1170. The van der Waals surface area contributed by atoms with Crippen molar-refractivity contribution >= 4 is 22.5 Å². The van der Waals surface area contributed by atoms with Gasteiger partial charge in [0.05, 0.1) is 26.0 Å². The molecule has 0 bridgehead atoms. The molecule has 0 fully saturated rings. The molecule has 3 aromatic carbocycles. The maximum atomic E-state index is 6.14. The van der Waals surface area contributed by atoms with E-state index in [1.165, 1.54) is 10.9 Å². The summed E-state index contributed by atoms with van der Waals surface area (Å²) < 4.78 is 11.0. The molecular weight excluding hydrogens is 396 g/mol. The van der Waals surface area contributed by atoms with Gasteiger partial charge >= 0.3 is 0 Å². The van der Waals surface area contributed by atoms with Crippen molar-refractivity contribution in [3.05, 3.63) is 82.9 Å². The molecule has 0 radical (unpaired) electrons. The summed E-state index contributed by atoms with van der Waals surface area (Å²) in [6.45, 7) is 0. The first-order chi connectivity index (χ1) is 14.5. The zero-order valence-electron chi connectivity index (χ0n) is 17.6. The summed E-state index contributed by atoms with van der Waals surface area (Å²) in [6, 6.07) is 22.5. The number of nitrogens with zero attached hydrogens (tertiary/aromatic N) is 1. The third-order valence-corrected chi connectivity index (χ3v) is 5.64. The second kappa shape index (κ2) is 8.42. The second-order valence-electron chi connectivity index (χ2n) is 7.45. The quantitative estimate of drug-likeness (QED) is 0.406. The van der Waals surface area contributed by atoms with Crippen LogP contribution in [0.1, 0.15) is 17.2 Å². The zero-order chi connectivity index (χ0) is 21.3. The molecule has 1 aromatic heterocycles. The van der Waals surface area contributed by atoms with Crippen molar-refractivity contribution in [2.45, 2.75) is 6.04 Å². The molecule has 4 aromatic rings. The van der Waals surface area contributed by atoms with Crippen LogP contribution in [0.25, 0.3) is 22.2 Å². The van der Waals surface area contributed by atoms with Crippen LogP contribution in [-0.4, -0.2) is 38.2 Å². The summed E-state index contributed by atoms with van der Waals surface area (Å²) in [4.78, 5) is 5.85. The fraction of sp³-hybridized carbons (Fsp3) is 0.200. The molecule has 0 saturated carbocycles. The Hall–Kier alpha value is -2.95. The number of hydrogen-bond donors (Lipinski definition) is 1. The fourth-order valence-electron chi connectivity index (χ4n) is 4.04. The van der Waals surface area contributed by atoms with Crippen molar-refractivity contribution in [2.75, 3.05) is 28.3 Å². The fourth-order valence-corrected chi connectivity index (χ4v) is 4.16. The van der Waals surface area contributed by atoms with Crippen molar-refractivity contribution in [1.82, 2.24) is 9.88 Å². The number of rotatable bonds is 6. The molecular formula is C25H25ClN2O2. The number of hydrogen-bond acceptors (Lipinski definition) is 3. The minimum absolute atomic E-state index is 0.00614. The standard InChI is InChI=1S/C25H25ClN2O2/c1-28(2)25(17-11-14-21(29-3)22(15-17)30-4)23-19-7-5-6-8-20(19)27-24(23)16-9-12-18(26)13-10-16/h5-15,25,27H,1-4H3. The molecule has 30 heavy (non-hydrogen) atoms. The van der Waals surface area contributed by atoms with Crippen molar-refractivity contribution in [3.8, 4) is 22.8 Å². The van der Waals surface area contributed by atoms with Gasteiger partial charge in [-0.15, -0.1) is 0 Å². The van der Waals surface area contributed by atoms with Crippen molar-refractivity contribution < 1.29 is 9.47 Å². The van der Waals surface area contributed by atoms with E-state index in [9.17, 15) is 0 Å². The van der Waals surface area contributed by atoms with E-state index >= 15 is 0 Å². The van der Waals surface area contributed by atoms with Gasteiger partial charge in [0.1, 0.15) is 0 Å². The zero-order valence-corrected chi connectivity index (χ0v) is 18.3. The molecule has 0 aliphatic rings. The van der Waals surface area contributed by atoms with Gasteiger partial charge in [-0.25, -0.2) is 0 Å². The van der Waals surface area contributed by atoms with Crippen molar-refractivity contribution in [1.29, 1.82) is 0 Å². The van der Waals surface area contributed by atoms with Gasteiger partial charge in [0.25, 0.3) is 0 Å². The van der Waals surface area contributed by atoms with Gasteiger partial charge in [-0.1, -0.05) is 48.0 Å². The predicted octanol–water partition coefficient (Wildman–Crippen LogP) is 6.16. The highest BCUT2D eigenvalue weighted by Crippen LogP contribution is 2.41. The molecule has 1 atom stereocenters. The number of para-hydroxylation sites is 1. The van der Waals surface area contributed by atoms with E-state index in [-0.39, 0.29) is 6.04 Å². The number of fused-ring (bicyclic) bond motifs is 1. The van der Waals surface area contributed by atoms with E-state index in [4.69, 9.17) is 21.1 Å². The molecule has 0 aliphatic carbocycles. The Morgan fingerprint density at radius 1 is 0.867 bits per heavy atom. The summed E-state index contributed by atoms with van der Waals surface area (Å²) >= 11 is 6.14. The molecule has 1 N–H and O–H groups in total. The van der Waals surface area contributed by atoms with Gasteiger partial charge in [0.15, 0.2) is 11.5 Å². The second-order valence-corrected chi connectivity index (χ2v) is 7.88. The van der Waals surface area contributed by atoms with Gasteiger partial charge in [0.2, 0.25) is 0 Å². The normalized spacial score (nSPS) is 12.3. The largest absolute Gasteiger partial charge is 0.493 e. The number of aromatic amines is 1. The maximum absolute atomic E-state index is 6.14. The molecule has 0 saturated heterocycles. The van der Waals surface area contributed by atoms with Crippen LogP contribution in [0.2, 0.25) is 5.02 Å². The summed E-state index contributed by atoms with van der Waals surface area (Å²) in [5, 5.41) is 1.91. The molecule has 1 heterocycles. The molecule has 0 amide bonds. The first-order valence-corrected chi connectivity index (χ1v) is 10.2. The van der Waals surface area contributed by atoms with Crippen LogP contribution in [0.5, 0.6) is 11.5 Å². The molecule has 1 unspecified atom stereocenters. The summed E-state index contributed by atoms with van der Waals surface area (Å²) in [5.41, 5.74) is 5.62. The first kappa shape index (κ1) is 20.3. The van der Waals surface area contributed by atoms with Crippen LogP contribution in [0.4, 0.5) is 0 Å². The lowest BCUT2D eigenvalue weighted by molar-refractivity contribution is 0.336. The lowest BCUT2D eigenvalue weighted by Crippen LogP contribution is -2.21. The van der Waals surface area contributed by atoms with Gasteiger partial charge in [-0.05, 0) is 55.6 Å². The van der Waals surface area contributed by atoms with E-state index in [1.54, 1.807) is 14.2 Å². The summed E-state index contributed by atoms with van der Waals surface area (Å²) in [7, 11) is 7.50. The molecule has 4 nitrogen and oxygen atoms in total. The predicted molar refractivity (Wildman–Crippen MR) is 124 cm³/mol. The number of benzene rings is 3. The number of aromatic nitrogens is 1. The number of ether oxygens (including phenoxy) is 2. The van der Waals surface area contributed by atoms with Crippen molar-refractivity contribution in [3.63, 3.8) is 0 Å². The van der Waals surface area contributed by atoms with E-state index < -0.39 is 0 Å². The van der Waals surface area contributed by atoms with Crippen molar-refractivity contribution in [2.24, 2.45) is 0 Å². The maximum Gasteiger partial charge on any atom is 0.161 e. The van der Waals surface area contributed by atoms with Crippen LogP contribution in [0.3, 0.4) is 0 Å². The number of nitrogens with one attached hydrogen (secondary N) is 1. The summed E-state index contributed by atoms with van der Waals surface area (Å²) in [5.74, 6) is 1.44. The van der Waals surface area contributed by atoms with Gasteiger partial charge in [-0.3, -0.25) is 4.90 Å². The highest BCUT2D eigenvalue weighted by Gasteiger charge is 2.26. The monoisotopic (exact) mass is 420 g/mol. The van der Waals surface area contributed by atoms with Crippen LogP contribution < -0.4 is 9.47 Å². The molecule has 154 valence electrons. The highest BCUT2D eigenvalue weighted by molar-refractivity contribution is 6.30. The SMILES string of the molecule is COc1ccc(C(c2c(-c3ccc(Cl)cc3)[nH]c3ccccc23)N(C)C)cc1OC. The van der Waals surface area contributed by atoms with Gasteiger partial charge in [0, 0.05) is 21.5 Å². The smallest absolute Gasteiger partial charge is 0.161 e. The van der Waals surface area contributed by atoms with Gasteiger partial charge < -0.3 is 14.5 Å². The minimum atomic E-state index is 0.00614. The Kier molecular flexibility index (Phi) is 5.71. The number of methoxy groups -OCH3 is 2. The highest BCUT2D eigenvalue weighted by atomic mass is 35.5. The van der Waals surface area contributed by atoms with E-state index in [0.717, 1.165) is 38.9 Å². The van der Waals surface area contributed by atoms with Crippen LogP contribution in [-0.2, 0) is 0 Å². The third-order valence-electron chi connectivity index (χ3n) is 5.39. The molecule has 5 heteroatoms. The molecule has 0 aliphatic heterocycles. The average molecular weight is 421 g/mol. The number of halogens is 1. The lowest BCUT2D eigenvalue weighted by Gasteiger charge is -2.27.